The van der Waals surface area contributed by atoms with Crippen LogP contribution < -0.4 is 10.2 Å². The van der Waals surface area contributed by atoms with Crippen molar-refractivity contribution in [1.82, 2.24) is 0 Å². The topological polar surface area (TPSA) is 49.4 Å². The lowest BCUT2D eigenvalue weighted by atomic mass is 10.1. The molecule has 1 N–H and O–H groups in total. The largest absolute Gasteiger partial charge is 0.323 e. The summed E-state index contributed by atoms with van der Waals surface area (Å²) in [6.45, 7) is 2.25. The highest BCUT2D eigenvalue weighted by Gasteiger charge is 2.35. The lowest BCUT2D eigenvalue weighted by Gasteiger charge is -2.17. The van der Waals surface area contributed by atoms with Crippen LogP contribution in [0.25, 0.3) is 0 Å². The second-order valence-corrected chi connectivity index (χ2v) is 6.66. The zero-order valence-corrected chi connectivity index (χ0v) is 14.6. The molecule has 1 unspecified atom stereocenters. The number of carbonyl (C=O) groups excluding carboxylic acids is 2. The van der Waals surface area contributed by atoms with Crippen LogP contribution in [0.5, 0.6) is 0 Å². The first-order valence-electron chi connectivity index (χ1n) is 7.57. The number of nitrogens with one attached hydrogen (secondary N) is 1. The lowest BCUT2D eigenvalue weighted by Crippen LogP contribution is -2.28. The molecular formula is C18H16BrFN2O2. The minimum Gasteiger partial charge on any atom is -0.323 e. The molecule has 2 aromatic rings. The summed E-state index contributed by atoms with van der Waals surface area (Å²) in [6.07, 6.45) is 0.117. The Balaban J connectivity index is 1.73. The van der Waals surface area contributed by atoms with Crippen LogP contribution in [0.1, 0.15) is 12.0 Å². The van der Waals surface area contributed by atoms with E-state index in [2.05, 4.69) is 21.2 Å². The van der Waals surface area contributed by atoms with Crippen LogP contribution in [-0.4, -0.2) is 18.4 Å². The van der Waals surface area contributed by atoms with Gasteiger partial charge in [0.05, 0.1) is 11.6 Å². The fraction of sp³-hybridized carbons (Fsp3) is 0.222. The molecule has 0 aromatic heterocycles. The van der Waals surface area contributed by atoms with Crippen molar-refractivity contribution < 1.29 is 14.0 Å². The van der Waals surface area contributed by atoms with E-state index < -0.39 is 11.7 Å². The molecule has 4 nitrogen and oxygen atoms in total. The highest BCUT2D eigenvalue weighted by Crippen LogP contribution is 2.29. The Bertz CT molecular complexity index is 809. The Hall–Kier alpha value is -2.21. The number of halogens is 2. The zero-order chi connectivity index (χ0) is 17.3. The molecule has 1 saturated heterocycles. The fourth-order valence-corrected chi connectivity index (χ4v) is 3.05. The Morgan fingerprint density at radius 3 is 2.75 bits per heavy atom. The van der Waals surface area contributed by atoms with Gasteiger partial charge in [-0.05, 0) is 36.8 Å². The number of nitrogens with zero attached hydrogens (tertiary/aromatic N) is 1. The highest BCUT2D eigenvalue weighted by atomic mass is 79.9. The number of anilines is 2. The number of hydrogen-bond donors (Lipinski definition) is 1. The monoisotopic (exact) mass is 390 g/mol. The third-order valence-corrected chi connectivity index (χ3v) is 4.95. The summed E-state index contributed by atoms with van der Waals surface area (Å²) in [5, 5.41) is 2.56. The van der Waals surface area contributed by atoms with Gasteiger partial charge in [0.25, 0.3) is 0 Å². The van der Waals surface area contributed by atoms with E-state index in [0.29, 0.717) is 0 Å². The number of amides is 2. The number of hydrogen-bond acceptors (Lipinski definition) is 2. The van der Waals surface area contributed by atoms with E-state index in [0.717, 1.165) is 15.7 Å². The van der Waals surface area contributed by atoms with Crippen LogP contribution >= 0.6 is 15.9 Å². The molecule has 0 bridgehead atoms. The first kappa shape index (κ1) is 16.6. The molecule has 2 amide bonds. The van der Waals surface area contributed by atoms with E-state index in [9.17, 15) is 14.0 Å². The van der Waals surface area contributed by atoms with Gasteiger partial charge >= 0.3 is 0 Å². The molecule has 6 heteroatoms. The number of para-hydroxylation sites is 1. The van der Waals surface area contributed by atoms with Gasteiger partial charge in [0, 0.05) is 23.1 Å². The molecule has 24 heavy (non-hydrogen) atoms. The third-order valence-electron chi connectivity index (χ3n) is 4.09. The standard InChI is InChI=1S/C18H16BrFN2O2/c1-11-6-7-13(9-14(11)19)22-10-12(8-17(22)23)18(24)21-16-5-3-2-4-15(16)20/h2-7,9,12H,8,10H2,1H3,(H,21,24). The molecule has 1 heterocycles. The maximum Gasteiger partial charge on any atom is 0.229 e. The van der Waals surface area contributed by atoms with Crippen molar-refractivity contribution in [3.63, 3.8) is 0 Å². The quantitative estimate of drug-likeness (QED) is 0.863. The summed E-state index contributed by atoms with van der Waals surface area (Å²) in [6, 6.07) is 11.6. The SMILES string of the molecule is Cc1ccc(N2CC(C(=O)Nc3ccccc3F)CC2=O)cc1Br. The van der Waals surface area contributed by atoms with Gasteiger partial charge in [0.2, 0.25) is 11.8 Å². The van der Waals surface area contributed by atoms with Crippen LogP contribution in [0.2, 0.25) is 0 Å². The van der Waals surface area contributed by atoms with Gasteiger partial charge in [-0.15, -0.1) is 0 Å². The Morgan fingerprint density at radius 1 is 1.29 bits per heavy atom. The summed E-state index contributed by atoms with van der Waals surface area (Å²) >= 11 is 3.45. The number of rotatable bonds is 3. The average Bonchev–Trinajstić information content (AvgIpc) is 2.94. The molecule has 0 aliphatic carbocycles. The molecule has 124 valence electrons. The normalized spacial score (nSPS) is 17.2. The number of carbonyl (C=O) groups is 2. The van der Waals surface area contributed by atoms with Gasteiger partial charge in [-0.2, -0.15) is 0 Å². The fourth-order valence-electron chi connectivity index (χ4n) is 2.68. The maximum absolute atomic E-state index is 13.6. The molecule has 1 fully saturated rings. The van der Waals surface area contributed by atoms with Crippen molar-refractivity contribution in [2.24, 2.45) is 5.92 Å². The van der Waals surface area contributed by atoms with Crippen molar-refractivity contribution in [2.45, 2.75) is 13.3 Å². The average molecular weight is 391 g/mol. The van der Waals surface area contributed by atoms with Crippen molar-refractivity contribution in [1.29, 1.82) is 0 Å². The second-order valence-electron chi connectivity index (χ2n) is 5.81. The van der Waals surface area contributed by atoms with Crippen LogP contribution in [0.3, 0.4) is 0 Å². The van der Waals surface area contributed by atoms with Crippen LogP contribution in [-0.2, 0) is 9.59 Å². The molecule has 0 spiro atoms. The molecule has 1 aliphatic heterocycles. The van der Waals surface area contributed by atoms with E-state index in [4.69, 9.17) is 0 Å². The predicted octanol–water partition coefficient (Wildman–Crippen LogP) is 3.89. The Kier molecular flexibility index (Phi) is 4.66. The molecule has 1 atom stereocenters. The molecule has 3 rings (SSSR count). The smallest absolute Gasteiger partial charge is 0.229 e. The van der Waals surface area contributed by atoms with Crippen molar-refractivity contribution in [2.75, 3.05) is 16.8 Å². The molecular weight excluding hydrogens is 375 g/mol. The van der Waals surface area contributed by atoms with Crippen LogP contribution in [0.4, 0.5) is 15.8 Å². The van der Waals surface area contributed by atoms with Gasteiger partial charge in [0.15, 0.2) is 0 Å². The summed E-state index contributed by atoms with van der Waals surface area (Å²) in [7, 11) is 0. The van der Waals surface area contributed by atoms with E-state index in [1.807, 2.05) is 25.1 Å². The van der Waals surface area contributed by atoms with Gasteiger partial charge < -0.3 is 10.2 Å². The first-order valence-corrected chi connectivity index (χ1v) is 8.37. The first-order chi connectivity index (χ1) is 11.5. The van der Waals surface area contributed by atoms with Gasteiger partial charge in [-0.3, -0.25) is 9.59 Å². The molecule has 1 aliphatic rings. The summed E-state index contributed by atoms with van der Waals surface area (Å²) in [5.74, 6) is -1.45. The molecule has 2 aromatic carbocycles. The van der Waals surface area contributed by atoms with Crippen molar-refractivity contribution >= 4 is 39.1 Å². The van der Waals surface area contributed by atoms with E-state index in [1.165, 1.54) is 12.1 Å². The van der Waals surface area contributed by atoms with Gasteiger partial charge in [-0.1, -0.05) is 34.1 Å². The van der Waals surface area contributed by atoms with E-state index >= 15 is 0 Å². The summed E-state index contributed by atoms with van der Waals surface area (Å²) < 4.78 is 14.5. The maximum atomic E-state index is 13.6. The highest BCUT2D eigenvalue weighted by molar-refractivity contribution is 9.10. The van der Waals surface area contributed by atoms with E-state index in [-0.39, 0.29) is 30.5 Å². The summed E-state index contributed by atoms with van der Waals surface area (Å²) in [4.78, 5) is 26.2. The summed E-state index contributed by atoms with van der Waals surface area (Å²) in [5.41, 5.74) is 1.95. The second kappa shape index (κ2) is 6.73. The van der Waals surface area contributed by atoms with Crippen molar-refractivity contribution in [3.05, 3.63) is 58.3 Å². The minimum absolute atomic E-state index is 0.112. The minimum atomic E-state index is -0.503. The number of benzene rings is 2. The van der Waals surface area contributed by atoms with Crippen molar-refractivity contribution in [3.8, 4) is 0 Å². The number of aryl methyl sites for hydroxylation is 1. The lowest BCUT2D eigenvalue weighted by molar-refractivity contribution is -0.122. The van der Waals surface area contributed by atoms with Crippen LogP contribution in [0.15, 0.2) is 46.9 Å². The predicted molar refractivity (Wildman–Crippen MR) is 94.4 cm³/mol. The Morgan fingerprint density at radius 2 is 2.04 bits per heavy atom. The Labute approximate surface area is 147 Å². The van der Waals surface area contributed by atoms with E-state index in [1.54, 1.807) is 17.0 Å². The van der Waals surface area contributed by atoms with Gasteiger partial charge in [-0.25, -0.2) is 4.39 Å². The molecule has 0 saturated carbocycles. The molecule has 0 radical (unpaired) electrons. The van der Waals surface area contributed by atoms with Gasteiger partial charge in [0.1, 0.15) is 5.82 Å². The van der Waals surface area contributed by atoms with Crippen LogP contribution in [0, 0.1) is 18.7 Å². The zero-order valence-electron chi connectivity index (χ0n) is 13.1. The third kappa shape index (κ3) is 3.33.